The third kappa shape index (κ3) is 7.41. The van der Waals surface area contributed by atoms with E-state index in [-0.39, 0.29) is 6.61 Å². The number of carbonyl (C=O) groups excluding carboxylic acids is 1. The van der Waals surface area contributed by atoms with Gasteiger partial charge in [0.25, 0.3) is 0 Å². The predicted octanol–water partition coefficient (Wildman–Crippen LogP) is 0.266. The molecule has 6 nitrogen and oxygen atoms in total. The lowest BCUT2D eigenvalue weighted by atomic mass is 10.7. The molecule has 0 saturated heterocycles. The van der Waals surface area contributed by atoms with Crippen molar-refractivity contribution in [2.45, 2.75) is 13.8 Å². The number of hydrogen-bond acceptors (Lipinski definition) is 7. The number of ether oxygens (including phenoxy) is 1. The van der Waals surface area contributed by atoms with Gasteiger partial charge in [-0.15, -0.1) is 0 Å². The van der Waals surface area contributed by atoms with Crippen molar-refractivity contribution in [2.24, 2.45) is 5.16 Å². The summed E-state index contributed by atoms with van der Waals surface area (Å²) in [5, 5.41) is 3.48. The summed E-state index contributed by atoms with van der Waals surface area (Å²) in [4.78, 5) is 21.3. The fraction of sp³-hybridized carbons (Fsp3) is 0.667. The molecule has 0 amide bonds. The van der Waals surface area contributed by atoms with Crippen molar-refractivity contribution >= 4 is 24.7 Å². The second-order valence-electron chi connectivity index (χ2n) is 1.88. The zero-order valence-corrected chi connectivity index (χ0v) is 8.34. The minimum atomic E-state index is -0.622. The van der Waals surface area contributed by atoms with Gasteiger partial charge in [-0.2, -0.15) is 0 Å². The van der Waals surface area contributed by atoms with Gasteiger partial charge >= 0.3 is 5.97 Å². The van der Waals surface area contributed by atoms with Crippen molar-refractivity contribution in [3.05, 3.63) is 0 Å². The Morgan fingerprint density at radius 2 is 2.31 bits per heavy atom. The Morgan fingerprint density at radius 1 is 1.62 bits per heavy atom. The first-order chi connectivity index (χ1) is 6.20. The number of rotatable bonds is 5. The first kappa shape index (κ1) is 12.0. The molecule has 0 aliphatic heterocycles. The van der Waals surface area contributed by atoms with E-state index in [2.05, 4.69) is 27.6 Å². The zero-order valence-electron chi connectivity index (χ0n) is 7.44. The Kier molecular flexibility index (Phi) is 7.12. The molecule has 7 heteroatoms. The van der Waals surface area contributed by atoms with Gasteiger partial charge in [-0.05, 0) is 6.92 Å². The first-order valence-electron chi connectivity index (χ1n) is 3.58. The number of oxime groups is 1. The second kappa shape index (κ2) is 7.69. The number of nitrogens with zero attached hydrogens (tertiary/aromatic N) is 1. The van der Waals surface area contributed by atoms with Gasteiger partial charge in [0.2, 0.25) is 12.5 Å². The molecule has 0 spiro atoms. The molecule has 0 radical (unpaired) electrons. The Balaban J connectivity index is 3.53. The van der Waals surface area contributed by atoms with Crippen LogP contribution in [0.25, 0.3) is 0 Å². The van der Waals surface area contributed by atoms with Gasteiger partial charge in [-0.25, -0.2) is 4.79 Å². The summed E-state index contributed by atoms with van der Waals surface area (Å²) in [6, 6.07) is 0. The predicted molar refractivity (Wildman–Crippen MR) is 48.9 cm³/mol. The molecular weight excluding hydrogens is 196 g/mol. The van der Waals surface area contributed by atoms with Crippen LogP contribution in [0.5, 0.6) is 0 Å². The summed E-state index contributed by atoms with van der Waals surface area (Å²) >= 11 is 3.45. The molecule has 76 valence electrons. The highest BCUT2D eigenvalue weighted by Gasteiger charge is 2.01. The van der Waals surface area contributed by atoms with Crippen LogP contribution >= 0.6 is 12.8 Å². The normalized spacial score (nSPS) is 10.8. The van der Waals surface area contributed by atoms with Gasteiger partial charge in [0.05, 0.1) is 6.61 Å². The van der Waals surface area contributed by atoms with Crippen molar-refractivity contribution < 1.29 is 19.2 Å². The minimum Gasteiger partial charge on any atom is -0.479 e. The van der Waals surface area contributed by atoms with E-state index in [0.29, 0.717) is 12.5 Å². The maximum Gasteiger partial charge on any atom is 0.366 e. The van der Waals surface area contributed by atoms with Crippen molar-refractivity contribution in [1.29, 1.82) is 0 Å². The standard InChI is InChI=1S/C6H12N2O4S/c1-3-10-5(2)7-11-4-6(9)12-8-13/h8,13H,3-4H2,1-2H3/b7-5+. The van der Waals surface area contributed by atoms with Crippen LogP contribution in [-0.2, 0) is 19.2 Å². The minimum absolute atomic E-state index is 0.294. The van der Waals surface area contributed by atoms with E-state index >= 15 is 0 Å². The number of thiol groups is 1. The Hall–Kier alpha value is -0.950. The molecule has 0 aromatic carbocycles. The highest BCUT2D eigenvalue weighted by atomic mass is 32.1. The Bertz CT molecular complexity index is 185. The molecule has 1 N–H and O–H groups in total. The largest absolute Gasteiger partial charge is 0.479 e. The van der Waals surface area contributed by atoms with E-state index < -0.39 is 5.97 Å². The summed E-state index contributed by atoms with van der Waals surface area (Å²) in [6.07, 6.45) is 0. The fourth-order valence-electron chi connectivity index (χ4n) is 0.491. The molecule has 13 heavy (non-hydrogen) atoms. The summed E-state index contributed by atoms with van der Waals surface area (Å²) in [6.45, 7) is 3.64. The molecule has 0 rings (SSSR count). The Labute approximate surface area is 81.7 Å². The van der Waals surface area contributed by atoms with E-state index in [1.807, 2.05) is 11.8 Å². The second-order valence-corrected chi connectivity index (χ2v) is 2.06. The van der Waals surface area contributed by atoms with Crippen molar-refractivity contribution in [1.82, 2.24) is 4.89 Å². The molecule has 0 aliphatic rings. The molecule has 0 fully saturated rings. The number of carbonyl (C=O) groups is 1. The summed E-state index contributed by atoms with van der Waals surface area (Å²) in [5.41, 5.74) is 0. The third-order valence-corrected chi connectivity index (χ3v) is 0.979. The van der Waals surface area contributed by atoms with Gasteiger partial charge in [-0.3, -0.25) is 0 Å². The van der Waals surface area contributed by atoms with E-state index in [1.54, 1.807) is 6.92 Å². The molecule has 0 saturated carbocycles. The van der Waals surface area contributed by atoms with Crippen LogP contribution in [0.1, 0.15) is 13.8 Å². The van der Waals surface area contributed by atoms with Crippen LogP contribution < -0.4 is 4.89 Å². The van der Waals surface area contributed by atoms with Crippen LogP contribution in [0, 0.1) is 0 Å². The maximum absolute atomic E-state index is 10.6. The van der Waals surface area contributed by atoms with Crippen LogP contribution in [0.2, 0.25) is 0 Å². The van der Waals surface area contributed by atoms with Gasteiger partial charge in [-0.1, -0.05) is 22.9 Å². The van der Waals surface area contributed by atoms with Crippen LogP contribution in [0.4, 0.5) is 0 Å². The zero-order chi connectivity index (χ0) is 10.1. The molecule has 0 aromatic rings. The SMILES string of the molecule is CCO/C(C)=N/OCC(=O)ONS. The monoisotopic (exact) mass is 208 g/mol. The fourth-order valence-corrected chi connectivity index (χ4v) is 0.593. The van der Waals surface area contributed by atoms with Gasteiger partial charge < -0.3 is 14.4 Å². The smallest absolute Gasteiger partial charge is 0.366 e. The molecule has 0 heterocycles. The highest BCUT2D eigenvalue weighted by Crippen LogP contribution is 1.85. The molecule has 0 aliphatic carbocycles. The average molecular weight is 208 g/mol. The van der Waals surface area contributed by atoms with Crippen LogP contribution in [0.3, 0.4) is 0 Å². The van der Waals surface area contributed by atoms with Gasteiger partial charge in [0.1, 0.15) is 0 Å². The third-order valence-electron chi connectivity index (χ3n) is 0.888. The maximum atomic E-state index is 10.6. The Morgan fingerprint density at radius 3 is 2.85 bits per heavy atom. The van der Waals surface area contributed by atoms with Crippen molar-refractivity contribution in [2.75, 3.05) is 13.2 Å². The summed E-state index contributed by atoms with van der Waals surface area (Å²) in [7, 11) is 0. The van der Waals surface area contributed by atoms with E-state index in [9.17, 15) is 4.79 Å². The van der Waals surface area contributed by atoms with Gasteiger partial charge in [0, 0.05) is 6.92 Å². The van der Waals surface area contributed by atoms with E-state index in [0.717, 1.165) is 0 Å². The summed E-state index contributed by atoms with van der Waals surface area (Å²) < 4.78 is 4.93. The lowest BCUT2D eigenvalue weighted by molar-refractivity contribution is -0.152. The lowest BCUT2D eigenvalue weighted by Gasteiger charge is -2.01. The van der Waals surface area contributed by atoms with Gasteiger partial charge in [0.15, 0.2) is 0 Å². The van der Waals surface area contributed by atoms with E-state index in [1.165, 1.54) is 0 Å². The first-order valence-corrected chi connectivity index (χ1v) is 4.03. The molecule has 0 aromatic heterocycles. The number of nitrogens with one attached hydrogen (secondary N) is 1. The quantitative estimate of drug-likeness (QED) is 0.294. The van der Waals surface area contributed by atoms with Crippen LogP contribution in [0.15, 0.2) is 5.16 Å². The average Bonchev–Trinajstić information content (AvgIpc) is 2.05. The highest BCUT2D eigenvalue weighted by molar-refractivity contribution is 7.77. The molecule has 0 atom stereocenters. The van der Waals surface area contributed by atoms with E-state index in [4.69, 9.17) is 4.74 Å². The molecular formula is C6H12N2O4S. The van der Waals surface area contributed by atoms with Crippen LogP contribution in [-0.4, -0.2) is 25.1 Å². The topological polar surface area (TPSA) is 69.2 Å². The van der Waals surface area contributed by atoms with Crippen molar-refractivity contribution in [3.8, 4) is 0 Å². The molecule has 0 bridgehead atoms. The summed E-state index contributed by atoms with van der Waals surface area (Å²) in [5.74, 6) is -0.266. The number of hydrogen-bond donors (Lipinski definition) is 2. The molecule has 0 unspecified atom stereocenters. The lowest BCUT2D eigenvalue weighted by Crippen LogP contribution is -2.16. The van der Waals surface area contributed by atoms with Crippen molar-refractivity contribution in [3.63, 3.8) is 0 Å².